The number of carbonyl (C=O) groups is 1. The molecule has 1 aliphatic carbocycles. The highest BCUT2D eigenvalue weighted by atomic mass is 16.3. The number of hydrogen-bond donors (Lipinski definition) is 2. The van der Waals surface area contributed by atoms with E-state index in [2.05, 4.69) is 11.1 Å². The molecule has 3 unspecified atom stereocenters. The lowest BCUT2D eigenvalue weighted by molar-refractivity contribution is -0.127. The molecule has 0 radical (unpaired) electrons. The Kier molecular flexibility index (Phi) is 2.30. The summed E-state index contributed by atoms with van der Waals surface area (Å²) in [4.78, 5) is 14.9. The average molecular weight is 229 g/mol. The van der Waals surface area contributed by atoms with Gasteiger partial charge in [0.15, 0.2) is 5.78 Å². The third-order valence-corrected chi connectivity index (χ3v) is 3.60. The maximum absolute atomic E-state index is 11.7. The van der Waals surface area contributed by atoms with Crippen LogP contribution >= 0.6 is 0 Å². The number of aliphatic hydroxyl groups is 1. The molecule has 1 aromatic carbocycles. The van der Waals surface area contributed by atoms with E-state index in [-0.39, 0.29) is 17.6 Å². The first-order valence-corrected chi connectivity index (χ1v) is 5.96. The molecule has 0 amide bonds. The van der Waals surface area contributed by atoms with Crippen molar-refractivity contribution in [3.63, 3.8) is 0 Å². The SMILES string of the molecule is CC(O)C(=O)C1CC1c1cccc2[nH]ccc12. The Morgan fingerprint density at radius 2 is 2.29 bits per heavy atom. The van der Waals surface area contributed by atoms with Gasteiger partial charge in [0.2, 0.25) is 0 Å². The molecule has 2 aromatic rings. The van der Waals surface area contributed by atoms with Gasteiger partial charge in [0.1, 0.15) is 6.10 Å². The summed E-state index contributed by atoms with van der Waals surface area (Å²) < 4.78 is 0. The maximum atomic E-state index is 11.7. The predicted molar refractivity (Wildman–Crippen MR) is 65.8 cm³/mol. The highest BCUT2D eigenvalue weighted by molar-refractivity contribution is 5.91. The minimum Gasteiger partial charge on any atom is -0.386 e. The largest absolute Gasteiger partial charge is 0.386 e. The van der Waals surface area contributed by atoms with Gasteiger partial charge in [-0.25, -0.2) is 0 Å². The van der Waals surface area contributed by atoms with Gasteiger partial charge in [-0.05, 0) is 37.0 Å². The Hall–Kier alpha value is -1.61. The highest BCUT2D eigenvalue weighted by Crippen LogP contribution is 2.50. The Labute approximate surface area is 99.5 Å². The van der Waals surface area contributed by atoms with E-state index in [0.717, 1.165) is 11.9 Å². The summed E-state index contributed by atoms with van der Waals surface area (Å²) in [6.45, 7) is 1.55. The van der Waals surface area contributed by atoms with Crippen molar-refractivity contribution < 1.29 is 9.90 Å². The first-order valence-electron chi connectivity index (χ1n) is 5.96. The summed E-state index contributed by atoms with van der Waals surface area (Å²) >= 11 is 0. The Morgan fingerprint density at radius 3 is 3.06 bits per heavy atom. The highest BCUT2D eigenvalue weighted by Gasteiger charge is 2.45. The smallest absolute Gasteiger partial charge is 0.164 e. The molecule has 0 aliphatic heterocycles. The van der Waals surface area contributed by atoms with Crippen molar-refractivity contribution in [2.45, 2.75) is 25.4 Å². The number of aromatic nitrogens is 1. The standard InChI is InChI=1S/C14H15NO2/c1-8(16)14(17)12-7-11(12)9-3-2-4-13-10(9)5-6-15-13/h2-6,8,11-12,15-16H,7H2,1H3. The van der Waals surface area contributed by atoms with Gasteiger partial charge >= 0.3 is 0 Å². The monoisotopic (exact) mass is 229 g/mol. The Morgan fingerprint density at radius 1 is 1.47 bits per heavy atom. The molecule has 1 aliphatic rings. The van der Waals surface area contributed by atoms with Crippen molar-refractivity contribution in [3.05, 3.63) is 36.0 Å². The number of hydrogen-bond acceptors (Lipinski definition) is 2. The van der Waals surface area contributed by atoms with Crippen molar-refractivity contribution in [1.82, 2.24) is 4.98 Å². The van der Waals surface area contributed by atoms with Crippen LogP contribution in [0.15, 0.2) is 30.5 Å². The summed E-state index contributed by atoms with van der Waals surface area (Å²) in [5.74, 6) is 0.273. The molecule has 1 heterocycles. The lowest BCUT2D eigenvalue weighted by Gasteiger charge is -2.04. The molecule has 3 rings (SSSR count). The number of carbonyl (C=O) groups excluding carboxylic acids is 1. The van der Waals surface area contributed by atoms with E-state index in [1.807, 2.05) is 24.4 Å². The van der Waals surface area contributed by atoms with Gasteiger partial charge in [-0.2, -0.15) is 0 Å². The molecule has 0 saturated heterocycles. The second kappa shape index (κ2) is 3.70. The number of benzene rings is 1. The van der Waals surface area contributed by atoms with E-state index in [9.17, 15) is 9.90 Å². The average Bonchev–Trinajstić information content (AvgIpc) is 2.95. The van der Waals surface area contributed by atoms with Crippen molar-refractivity contribution >= 4 is 16.7 Å². The fraction of sp³-hybridized carbons (Fsp3) is 0.357. The molecule has 88 valence electrons. The zero-order valence-corrected chi connectivity index (χ0v) is 9.68. The third kappa shape index (κ3) is 1.67. The lowest BCUT2D eigenvalue weighted by Crippen LogP contribution is -2.18. The molecular weight excluding hydrogens is 214 g/mol. The van der Waals surface area contributed by atoms with Crippen LogP contribution in [0.3, 0.4) is 0 Å². The van der Waals surface area contributed by atoms with Crippen LogP contribution < -0.4 is 0 Å². The number of nitrogens with one attached hydrogen (secondary N) is 1. The van der Waals surface area contributed by atoms with Crippen molar-refractivity contribution in [3.8, 4) is 0 Å². The molecule has 1 aromatic heterocycles. The molecule has 2 N–H and O–H groups in total. The van der Waals surface area contributed by atoms with Crippen LogP contribution in [0, 0.1) is 5.92 Å². The molecule has 0 bridgehead atoms. The normalized spacial score (nSPS) is 24.8. The Balaban J connectivity index is 1.92. The second-order valence-corrected chi connectivity index (χ2v) is 4.81. The van der Waals surface area contributed by atoms with Gasteiger partial charge in [0, 0.05) is 23.0 Å². The quantitative estimate of drug-likeness (QED) is 0.848. The molecule has 1 fully saturated rings. The van der Waals surface area contributed by atoms with Gasteiger partial charge < -0.3 is 10.1 Å². The van der Waals surface area contributed by atoms with Crippen molar-refractivity contribution in [1.29, 1.82) is 0 Å². The zero-order valence-electron chi connectivity index (χ0n) is 9.68. The molecule has 17 heavy (non-hydrogen) atoms. The molecule has 0 spiro atoms. The molecular formula is C14H15NO2. The zero-order chi connectivity index (χ0) is 12.0. The number of aliphatic hydroxyl groups excluding tert-OH is 1. The van der Waals surface area contributed by atoms with Crippen LogP contribution in [-0.2, 0) is 4.79 Å². The number of aromatic amines is 1. The van der Waals surface area contributed by atoms with E-state index in [0.29, 0.717) is 0 Å². The first kappa shape index (κ1) is 10.5. The summed E-state index contributed by atoms with van der Waals surface area (Å²) in [7, 11) is 0. The van der Waals surface area contributed by atoms with Gasteiger partial charge in [-0.15, -0.1) is 0 Å². The minimum absolute atomic E-state index is 0.00972. The number of H-pyrrole nitrogens is 1. The summed E-state index contributed by atoms with van der Waals surface area (Å²) in [6, 6.07) is 8.17. The summed E-state index contributed by atoms with van der Waals surface area (Å²) in [6.07, 6.45) is 1.95. The lowest BCUT2D eigenvalue weighted by atomic mass is 10.0. The third-order valence-electron chi connectivity index (χ3n) is 3.60. The summed E-state index contributed by atoms with van der Waals surface area (Å²) in [5, 5.41) is 10.5. The number of ketones is 1. The van der Waals surface area contributed by atoms with E-state index < -0.39 is 6.10 Å². The van der Waals surface area contributed by atoms with Gasteiger partial charge in [-0.1, -0.05) is 12.1 Å². The maximum Gasteiger partial charge on any atom is 0.164 e. The number of fused-ring (bicyclic) bond motifs is 1. The van der Waals surface area contributed by atoms with Crippen molar-refractivity contribution in [2.75, 3.05) is 0 Å². The van der Waals surface area contributed by atoms with Gasteiger partial charge in [-0.3, -0.25) is 4.79 Å². The topological polar surface area (TPSA) is 53.1 Å². The molecule has 1 saturated carbocycles. The Bertz CT molecular complexity index is 570. The van der Waals surface area contributed by atoms with E-state index in [1.54, 1.807) is 6.92 Å². The molecule has 3 atom stereocenters. The van der Waals surface area contributed by atoms with E-state index in [1.165, 1.54) is 10.9 Å². The van der Waals surface area contributed by atoms with Crippen LogP contribution in [-0.4, -0.2) is 22.0 Å². The number of Topliss-reactive ketones (excluding diaryl/α,β-unsaturated/α-hetero) is 1. The first-order chi connectivity index (χ1) is 8.18. The fourth-order valence-electron chi connectivity index (χ4n) is 2.60. The molecule has 3 nitrogen and oxygen atoms in total. The van der Waals surface area contributed by atoms with Crippen LogP contribution in [0.1, 0.15) is 24.8 Å². The van der Waals surface area contributed by atoms with Crippen LogP contribution in [0.25, 0.3) is 10.9 Å². The predicted octanol–water partition coefficient (Wildman–Crippen LogP) is 2.22. The van der Waals surface area contributed by atoms with Gasteiger partial charge in [0.05, 0.1) is 0 Å². The second-order valence-electron chi connectivity index (χ2n) is 4.81. The number of rotatable bonds is 3. The van der Waals surface area contributed by atoms with E-state index in [4.69, 9.17) is 0 Å². The van der Waals surface area contributed by atoms with Crippen molar-refractivity contribution in [2.24, 2.45) is 5.92 Å². The van der Waals surface area contributed by atoms with Crippen LogP contribution in [0.2, 0.25) is 0 Å². The van der Waals surface area contributed by atoms with Crippen LogP contribution in [0.5, 0.6) is 0 Å². The fourth-order valence-corrected chi connectivity index (χ4v) is 2.60. The summed E-state index contributed by atoms with van der Waals surface area (Å²) in [5.41, 5.74) is 2.33. The van der Waals surface area contributed by atoms with Crippen LogP contribution in [0.4, 0.5) is 0 Å². The van der Waals surface area contributed by atoms with Gasteiger partial charge in [0.25, 0.3) is 0 Å². The molecule has 3 heteroatoms. The minimum atomic E-state index is -0.838. The van der Waals surface area contributed by atoms with E-state index >= 15 is 0 Å².